The molecular formula is C13H18N2O2. The number of methoxy groups -OCH3 is 1. The molecule has 0 radical (unpaired) electrons. The van der Waals surface area contributed by atoms with Crippen molar-refractivity contribution in [2.45, 2.75) is 18.4 Å². The number of nitrogens with one attached hydrogen (secondary N) is 1. The first kappa shape index (κ1) is 12.1. The Morgan fingerprint density at radius 3 is 2.47 bits per heavy atom. The fraction of sp³-hybridized carbons (Fsp3) is 0.462. The highest BCUT2D eigenvalue weighted by Gasteiger charge is 2.41. The molecule has 0 spiro atoms. The molecule has 4 heteroatoms. The minimum atomic E-state index is -0.637. The monoisotopic (exact) mass is 234 g/mol. The quantitative estimate of drug-likeness (QED) is 0.718. The number of fused-ring (bicyclic) bond motifs is 1. The van der Waals surface area contributed by atoms with Crippen LogP contribution in [-0.2, 0) is 22.4 Å². The molecule has 1 aromatic rings. The smallest absolute Gasteiger partial charge is 0.238 e. The molecule has 1 aliphatic carbocycles. The van der Waals surface area contributed by atoms with Gasteiger partial charge in [0.2, 0.25) is 5.91 Å². The third-order valence-electron chi connectivity index (χ3n) is 3.34. The van der Waals surface area contributed by atoms with Gasteiger partial charge in [0.1, 0.15) is 5.54 Å². The van der Waals surface area contributed by atoms with Crippen LogP contribution < -0.4 is 11.1 Å². The number of carbonyl (C=O) groups is 1. The number of ether oxygens (including phenoxy) is 1. The molecule has 92 valence electrons. The van der Waals surface area contributed by atoms with Crippen molar-refractivity contribution in [3.8, 4) is 0 Å². The maximum Gasteiger partial charge on any atom is 0.238 e. The molecule has 0 heterocycles. The molecular weight excluding hydrogens is 216 g/mol. The van der Waals surface area contributed by atoms with Crippen molar-refractivity contribution in [3.05, 3.63) is 35.4 Å². The van der Waals surface area contributed by atoms with Crippen LogP contribution in [-0.4, -0.2) is 31.7 Å². The zero-order valence-electron chi connectivity index (χ0n) is 10.0. The fourth-order valence-electron chi connectivity index (χ4n) is 2.39. The summed E-state index contributed by atoms with van der Waals surface area (Å²) in [7, 11) is 1.64. The summed E-state index contributed by atoms with van der Waals surface area (Å²) in [5, 5.41) is 3.24. The minimum absolute atomic E-state index is 0.287. The first-order chi connectivity index (χ1) is 8.18. The molecule has 1 aliphatic rings. The zero-order chi connectivity index (χ0) is 12.3. The average Bonchev–Trinajstić information content (AvgIpc) is 2.69. The van der Waals surface area contributed by atoms with Crippen LogP contribution in [0.15, 0.2) is 24.3 Å². The van der Waals surface area contributed by atoms with Crippen LogP contribution in [0.25, 0.3) is 0 Å². The van der Waals surface area contributed by atoms with Crippen LogP contribution in [0.5, 0.6) is 0 Å². The Bertz CT molecular complexity index is 393. The number of primary amides is 1. The molecule has 0 atom stereocenters. The maximum absolute atomic E-state index is 11.7. The Kier molecular flexibility index (Phi) is 3.45. The molecule has 4 nitrogen and oxygen atoms in total. The van der Waals surface area contributed by atoms with Gasteiger partial charge in [-0.3, -0.25) is 4.79 Å². The van der Waals surface area contributed by atoms with Crippen LogP contribution in [0.3, 0.4) is 0 Å². The Hall–Kier alpha value is -1.39. The van der Waals surface area contributed by atoms with Gasteiger partial charge in [-0.1, -0.05) is 24.3 Å². The van der Waals surface area contributed by atoms with Gasteiger partial charge in [0.25, 0.3) is 0 Å². The highest BCUT2D eigenvalue weighted by Crippen LogP contribution is 2.29. The second kappa shape index (κ2) is 4.85. The lowest BCUT2D eigenvalue weighted by molar-refractivity contribution is -0.124. The summed E-state index contributed by atoms with van der Waals surface area (Å²) >= 11 is 0. The van der Waals surface area contributed by atoms with Crippen LogP contribution in [0.1, 0.15) is 11.1 Å². The average molecular weight is 234 g/mol. The Balaban J connectivity index is 2.14. The van der Waals surface area contributed by atoms with Gasteiger partial charge in [0, 0.05) is 26.5 Å². The Morgan fingerprint density at radius 1 is 1.41 bits per heavy atom. The van der Waals surface area contributed by atoms with Gasteiger partial charge in [-0.25, -0.2) is 0 Å². The van der Waals surface area contributed by atoms with E-state index >= 15 is 0 Å². The standard InChI is InChI=1S/C13H18N2O2/c1-17-7-6-15-13(12(14)16)8-10-4-2-3-5-11(10)9-13/h2-5,15H,6-9H2,1H3,(H2,14,16). The first-order valence-corrected chi connectivity index (χ1v) is 5.78. The van der Waals surface area contributed by atoms with Crippen molar-refractivity contribution in [2.24, 2.45) is 5.73 Å². The molecule has 1 aromatic carbocycles. The predicted octanol–water partition coefficient (Wildman–Crippen LogP) is 0.245. The van der Waals surface area contributed by atoms with E-state index in [1.807, 2.05) is 12.1 Å². The number of benzene rings is 1. The van der Waals surface area contributed by atoms with Crippen molar-refractivity contribution < 1.29 is 9.53 Å². The van der Waals surface area contributed by atoms with E-state index < -0.39 is 5.54 Å². The normalized spacial score (nSPS) is 16.8. The van der Waals surface area contributed by atoms with Gasteiger partial charge in [0.15, 0.2) is 0 Å². The molecule has 0 saturated carbocycles. The molecule has 0 fully saturated rings. The number of hydrogen-bond acceptors (Lipinski definition) is 3. The molecule has 0 aliphatic heterocycles. The number of carbonyl (C=O) groups excluding carboxylic acids is 1. The highest BCUT2D eigenvalue weighted by atomic mass is 16.5. The van der Waals surface area contributed by atoms with E-state index in [4.69, 9.17) is 10.5 Å². The number of amides is 1. The van der Waals surface area contributed by atoms with Crippen molar-refractivity contribution in [3.63, 3.8) is 0 Å². The largest absolute Gasteiger partial charge is 0.383 e. The lowest BCUT2D eigenvalue weighted by Crippen LogP contribution is -2.57. The molecule has 0 bridgehead atoms. The van der Waals surface area contributed by atoms with E-state index in [1.165, 1.54) is 11.1 Å². The van der Waals surface area contributed by atoms with Crippen LogP contribution in [0.4, 0.5) is 0 Å². The molecule has 2 rings (SSSR count). The van der Waals surface area contributed by atoms with E-state index in [2.05, 4.69) is 17.4 Å². The summed E-state index contributed by atoms with van der Waals surface area (Å²) in [4.78, 5) is 11.7. The lowest BCUT2D eigenvalue weighted by Gasteiger charge is -2.26. The number of hydrogen-bond donors (Lipinski definition) is 2. The van der Waals surface area contributed by atoms with Crippen molar-refractivity contribution >= 4 is 5.91 Å². The first-order valence-electron chi connectivity index (χ1n) is 5.78. The summed E-state index contributed by atoms with van der Waals surface area (Å²) in [5.74, 6) is -0.287. The Labute approximate surface area is 101 Å². The molecule has 17 heavy (non-hydrogen) atoms. The van der Waals surface area contributed by atoms with E-state index in [0.29, 0.717) is 26.0 Å². The fourth-order valence-corrected chi connectivity index (χ4v) is 2.39. The third-order valence-corrected chi connectivity index (χ3v) is 3.34. The van der Waals surface area contributed by atoms with E-state index in [-0.39, 0.29) is 5.91 Å². The second-order valence-electron chi connectivity index (χ2n) is 4.49. The number of nitrogens with two attached hydrogens (primary N) is 1. The van der Waals surface area contributed by atoms with Crippen LogP contribution >= 0.6 is 0 Å². The lowest BCUT2D eigenvalue weighted by atomic mass is 9.95. The summed E-state index contributed by atoms with van der Waals surface area (Å²) in [6.45, 7) is 1.21. The summed E-state index contributed by atoms with van der Waals surface area (Å²) in [5.41, 5.74) is 7.33. The van der Waals surface area contributed by atoms with E-state index in [9.17, 15) is 4.79 Å². The van der Waals surface area contributed by atoms with Gasteiger partial charge < -0.3 is 15.8 Å². The maximum atomic E-state index is 11.7. The van der Waals surface area contributed by atoms with E-state index in [0.717, 1.165) is 0 Å². The SMILES string of the molecule is COCCNC1(C(N)=O)Cc2ccccc2C1. The summed E-state index contributed by atoms with van der Waals surface area (Å²) in [6, 6.07) is 8.09. The summed E-state index contributed by atoms with van der Waals surface area (Å²) < 4.78 is 4.99. The van der Waals surface area contributed by atoms with Crippen molar-refractivity contribution in [2.75, 3.05) is 20.3 Å². The predicted molar refractivity (Wildman–Crippen MR) is 65.7 cm³/mol. The third kappa shape index (κ3) is 2.33. The topological polar surface area (TPSA) is 64.3 Å². The molecule has 0 aromatic heterocycles. The summed E-state index contributed by atoms with van der Waals surface area (Å²) in [6.07, 6.45) is 1.34. The molecule has 1 amide bonds. The zero-order valence-corrected chi connectivity index (χ0v) is 10.0. The second-order valence-corrected chi connectivity index (χ2v) is 4.49. The van der Waals surface area contributed by atoms with Gasteiger partial charge >= 0.3 is 0 Å². The van der Waals surface area contributed by atoms with Crippen molar-refractivity contribution in [1.29, 1.82) is 0 Å². The molecule has 3 N–H and O–H groups in total. The highest BCUT2D eigenvalue weighted by molar-refractivity contribution is 5.86. The Morgan fingerprint density at radius 2 is 2.00 bits per heavy atom. The van der Waals surface area contributed by atoms with Crippen LogP contribution in [0.2, 0.25) is 0 Å². The van der Waals surface area contributed by atoms with Gasteiger partial charge in [-0.15, -0.1) is 0 Å². The van der Waals surface area contributed by atoms with Crippen LogP contribution in [0, 0.1) is 0 Å². The number of rotatable bonds is 5. The van der Waals surface area contributed by atoms with Gasteiger partial charge in [0.05, 0.1) is 6.61 Å². The van der Waals surface area contributed by atoms with Gasteiger partial charge in [-0.2, -0.15) is 0 Å². The molecule has 0 unspecified atom stereocenters. The van der Waals surface area contributed by atoms with E-state index in [1.54, 1.807) is 7.11 Å². The molecule has 0 saturated heterocycles. The van der Waals surface area contributed by atoms with Gasteiger partial charge in [-0.05, 0) is 11.1 Å². The van der Waals surface area contributed by atoms with Crippen molar-refractivity contribution in [1.82, 2.24) is 5.32 Å². The minimum Gasteiger partial charge on any atom is -0.383 e.